The monoisotopic (exact) mass is 641 g/mol. The summed E-state index contributed by atoms with van der Waals surface area (Å²) in [6.45, 7) is 11.2. The van der Waals surface area contributed by atoms with Crippen LogP contribution in [-0.2, 0) is 14.3 Å². The minimum atomic E-state index is -0.847. The van der Waals surface area contributed by atoms with Gasteiger partial charge in [-0.15, -0.1) is 5.10 Å². The smallest absolute Gasteiger partial charge is 0.238 e. The van der Waals surface area contributed by atoms with Gasteiger partial charge in [0.05, 0.1) is 24.6 Å². The van der Waals surface area contributed by atoms with Crippen molar-refractivity contribution in [3.63, 3.8) is 0 Å². The van der Waals surface area contributed by atoms with Crippen LogP contribution in [0.5, 0.6) is 5.88 Å². The molecule has 2 atom stereocenters. The Hall–Kier alpha value is -3.62. The lowest BCUT2D eigenvalue weighted by Gasteiger charge is -2.33. The fourth-order valence-electron chi connectivity index (χ4n) is 6.05. The quantitative estimate of drug-likeness (QED) is 0.192. The van der Waals surface area contributed by atoms with Gasteiger partial charge in [0.25, 0.3) is 0 Å². The number of hydrogen-bond acceptors (Lipinski definition) is 9. The minimum Gasteiger partial charge on any atom is -0.475 e. The number of para-hydroxylation sites is 1. The molecule has 2 fully saturated rings. The zero-order valence-corrected chi connectivity index (χ0v) is 26.9. The number of piperazine rings is 1. The van der Waals surface area contributed by atoms with Crippen LogP contribution >= 0.6 is 0 Å². The van der Waals surface area contributed by atoms with Crippen LogP contribution in [0.3, 0.4) is 0 Å². The van der Waals surface area contributed by atoms with E-state index in [-0.39, 0.29) is 31.3 Å². The molecular formula is C33H45F2N7O4. The molecular weight excluding hydrogens is 596 g/mol. The summed E-state index contributed by atoms with van der Waals surface area (Å²) in [7, 11) is 1.67. The summed E-state index contributed by atoms with van der Waals surface area (Å²) in [5, 5.41) is 11.6. The molecule has 1 amide bonds. The van der Waals surface area contributed by atoms with Gasteiger partial charge in [-0.3, -0.25) is 19.9 Å². The van der Waals surface area contributed by atoms with Crippen LogP contribution in [0.2, 0.25) is 0 Å². The first-order valence-corrected chi connectivity index (χ1v) is 15.8. The van der Waals surface area contributed by atoms with E-state index >= 15 is 0 Å². The van der Waals surface area contributed by atoms with Crippen molar-refractivity contribution in [3.8, 4) is 11.6 Å². The zero-order chi connectivity index (χ0) is 32.5. The SMILES string of the molecule is COCCN1C[C@@H](NCOCNc2c(C)c(OCCN3CCN(C(C)=O)CC3)nn2-c2ccccc2)[C@H](c2ccc(F)c(F)c2)C1. The number of nitrogens with zero attached hydrogens (tertiary/aromatic N) is 5. The largest absolute Gasteiger partial charge is 0.475 e. The Kier molecular flexibility index (Phi) is 11.9. The van der Waals surface area contributed by atoms with Crippen molar-refractivity contribution in [2.45, 2.75) is 25.8 Å². The fraction of sp³-hybridized carbons (Fsp3) is 0.515. The highest BCUT2D eigenvalue weighted by Crippen LogP contribution is 2.30. The van der Waals surface area contributed by atoms with E-state index in [1.165, 1.54) is 12.1 Å². The Morgan fingerprint density at radius 2 is 1.72 bits per heavy atom. The third-order valence-electron chi connectivity index (χ3n) is 8.71. The molecule has 0 aliphatic carbocycles. The van der Waals surface area contributed by atoms with E-state index in [4.69, 9.17) is 19.3 Å². The highest BCUT2D eigenvalue weighted by molar-refractivity contribution is 5.73. The van der Waals surface area contributed by atoms with E-state index in [0.29, 0.717) is 25.6 Å². The number of carbonyl (C=O) groups is 1. The van der Waals surface area contributed by atoms with Crippen molar-refractivity contribution in [2.75, 3.05) is 91.5 Å². The normalized spacial score (nSPS) is 19.1. The first kappa shape index (κ1) is 33.7. The van der Waals surface area contributed by atoms with E-state index in [9.17, 15) is 13.6 Å². The van der Waals surface area contributed by atoms with Crippen molar-refractivity contribution in [1.82, 2.24) is 29.8 Å². The molecule has 0 spiro atoms. The predicted octanol–water partition coefficient (Wildman–Crippen LogP) is 3.05. The maximum Gasteiger partial charge on any atom is 0.238 e. The molecule has 3 heterocycles. The van der Waals surface area contributed by atoms with E-state index in [2.05, 4.69) is 20.4 Å². The molecule has 2 N–H and O–H groups in total. The summed E-state index contributed by atoms with van der Waals surface area (Å²) < 4.78 is 46.9. The number of benzene rings is 2. The summed E-state index contributed by atoms with van der Waals surface area (Å²) in [5.41, 5.74) is 2.50. The van der Waals surface area contributed by atoms with Crippen LogP contribution < -0.4 is 15.4 Å². The Bertz CT molecular complexity index is 1420. The van der Waals surface area contributed by atoms with Gasteiger partial charge >= 0.3 is 0 Å². The Balaban J connectivity index is 1.16. The molecule has 0 unspecified atom stereocenters. The molecule has 3 aromatic rings. The molecule has 0 bridgehead atoms. The third-order valence-corrected chi connectivity index (χ3v) is 8.71. The number of nitrogens with one attached hydrogen (secondary N) is 2. The number of likely N-dealkylation sites (tertiary alicyclic amines) is 1. The van der Waals surface area contributed by atoms with Gasteiger partial charge in [0.15, 0.2) is 11.6 Å². The number of ether oxygens (including phenoxy) is 3. The summed E-state index contributed by atoms with van der Waals surface area (Å²) in [4.78, 5) is 18.0. The molecule has 2 saturated heterocycles. The Labute approximate surface area is 269 Å². The van der Waals surface area contributed by atoms with E-state index < -0.39 is 11.6 Å². The molecule has 13 heteroatoms. The number of rotatable bonds is 15. The van der Waals surface area contributed by atoms with Gasteiger partial charge in [-0.2, -0.15) is 0 Å². The molecule has 1 aromatic heterocycles. The lowest BCUT2D eigenvalue weighted by Crippen LogP contribution is -2.48. The molecule has 5 rings (SSSR count). The highest BCUT2D eigenvalue weighted by Gasteiger charge is 2.33. The molecule has 2 aliphatic rings. The summed E-state index contributed by atoms with van der Waals surface area (Å²) in [6, 6.07) is 13.9. The number of hydrogen-bond donors (Lipinski definition) is 2. The van der Waals surface area contributed by atoms with Crippen molar-refractivity contribution in [1.29, 1.82) is 0 Å². The first-order valence-electron chi connectivity index (χ1n) is 15.8. The van der Waals surface area contributed by atoms with Gasteiger partial charge in [-0.25, -0.2) is 13.5 Å². The summed E-state index contributed by atoms with van der Waals surface area (Å²) in [6.07, 6.45) is 0. The molecule has 46 heavy (non-hydrogen) atoms. The molecule has 0 saturated carbocycles. The highest BCUT2D eigenvalue weighted by atomic mass is 19.2. The molecule has 2 aromatic carbocycles. The minimum absolute atomic E-state index is 0.0104. The van der Waals surface area contributed by atoms with Crippen LogP contribution in [0.15, 0.2) is 48.5 Å². The number of carbonyl (C=O) groups excluding carboxylic acids is 1. The van der Waals surface area contributed by atoms with Crippen LogP contribution in [-0.4, -0.2) is 123 Å². The van der Waals surface area contributed by atoms with Gasteiger partial charge in [0.1, 0.15) is 19.2 Å². The van der Waals surface area contributed by atoms with Gasteiger partial charge in [-0.05, 0) is 36.8 Å². The second-order valence-corrected chi connectivity index (χ2v) is 11.7. The van der Waals surface area contributed by atoms with Crippen molar-refractivity contribution in [3.05, 3.63) is 71.3 Å². The number of amides is 1. The fourth-order valence-corrected chi connectivity index (χ4v) is 6.05. The zero-order valence-electron chi connectivity index (χ0n) is 26.9. The Morgan fingerprint density at radius 3 is 2.43 bits per heavy atom. The maximum atomic E-state index is 14.1. The standard InChI is InChI=1S/C33H45F2N7O4/c1-24-32(37-23-45-22-36-31-21-40(15-17-44-3)20-28(31)26-9-10-29(34)30(35)19-26)42(27-7-5-4-6-8-27)38-33(24)46-18-16-39-11-13-41(14-12-39)25(2)43/h4-10,19,28,31,36-37H,11-18,20-23H2,1-3H3/t28-,31+/m0/s1. The second-order valence-electron chi connectivity index (χ2n) is 11.7. The van der Waals surface area contributed by atoms with Crippen molar-refractivity contribution < 1.29 is 27.8 Å². The van der Waals surface area contributed by atoms with Crippen molar-refractivity contribution in [2.24, 2.45) is 0 Å². The third kappa shape index (κ3) is 8.59. The predicted molar refractivity (Wildman–Crippen MR) is 171 cm³/mol. The molecule has 250 valence electrons. The second kappa shape index (κ2) is 16.3. The van der Waals surface area contributed by atoms with E-state index in [0.717, 1.165) is 68.4 Å². The van der Waals surface area contributed by atoms with E-state index in [1.807, 2.05) is 46.8 Å². The van der Waals surface area contributed by atoms with Gasteiger partial charge in [-0.1, -0.05) is 24.3 Å². The van der Waals surface area contributed by atoms with E-state index in [1.54, 1.807) is 20.1 Å². The van der Waals surface area contributed by atoms with Gasteiger partial charge in [0.2, 0.25) is 11.8 Å². The van der Waals surface area contributed by atoms with Crippen LogP contribution in [0, 0.1) is 18.6 Å². The van der Waals surface area contributed by atoms with Crippen LogP contribution in [0.1, 0.15) is 24.0 Å². The molecule has 11 nitrogen and oxygen atoms in total. The number of anilines is 1. The lowest BCUT2D eigenvalue weighted by molar-refractivity contribution is -0.130. The van der Waals surface area contributed by atoms with Crippen LogP contribution in [0.4, 0.5) is 14.6 Å². The lowest BCUT2D eigenvalue weighted by atomic mass is 9.94. The topological polar surface area (TPSA) is 96.4 Å². The Morgan fingerprint density at radius 1 is 0.957 bits per heavy atom. The first-order chi connectivity index (χ1) is 22.3. The van der Waals surface area contributed by atoms with Gasteiger partial charge < -0.3 is 24.4 Å². The summed E-state index contributed by atoms with van der Waals surface area (Å²) >= 11 is 0. The number of halogens is 2. The number of methoxy groups -OCH3 is 1. The summed E-state index contributed by atoms with van der Waals surface area (Å²) in [5.74, 6) is -0.284. The average Bonchev–Trinajstić information content (AvgIpc) is 3.62. The van der Waals surface area contributed by atoms with Gasteiger partial charge in [0, 0.05) is 78.4 Å². The maximum absolute atomic E-state index is 14.1. The van der Waals surface area contributed by atoms with Crippen LogP contribution in [0.25, 0.3) is 5.69 Å². The van der Waals surface area contributed by atoms with Crippen molar-refractivity contribution >= 4 is 11.7 Å². The molecule has 2 aliphatic heterocycles. The average molecular weight is 642 g/mol. The molecule has 0 radical (unpaired) electrons. The number of aromatic nitrogens is 2.